The second-order valence-corrected chi connectivity index (χ2v) is 3.35. The lowest BCUT2D eigenvalue weighted by atomic mass is 10.2. The Kier molecular flexibility index (Phi) is 2.60. The van der Waals surface area contributed by atoms with Gasteiger partial charge in [-0.3, -0.25) is 4.68 Å². The molecule has 0 aliphatic carbocycles. The molecule has 1 aromatic carbocycles. The van der Waals surface area contributed by atoms with Crippen LogP contribution in [0.5, 0.6) is 0 Å². The maximum absolute atomic E-state index is 13.1. The van der Waals surface area contributed by atoms with Crippen molar-refractivity contribution < 1.29 is 13.9 Å². The van der Waals surface area contributed by atoms with E-state index in [0.717, 1.165) is 0 Å². The van der Waals surface area contributed by atoms with Gasteiger partial charge in [-0.2, -0.15) is 5.10 Å². The lowest BCUT2D eigenvalue weighted by Crippen LogP contribution is -2.06. The van der Waals surface area contributed by atoms with E-state index in [2.05, 4.69) is 5.10 Å². The number of ether oxygens (including phenoxy) is 1. The zero-order valence-electron chi connectivity index (χ0n) is 9.03. The maximum atomic E-state index is 13.1. The molecule has 0 spiro atoms. The van der Waals surface area contributed by atoms with Crippen molar-refractivity contribution in [1.82, 2.24) is 9.78 Å². The van der Waals surface area contributed by atoms with Crippen LogP contribution in [0, 0.1) is 5.82 Å². The van der Waals surface area contributed by atoms with Crippen LogP contribution in [-0.2, 0) is 11.8 Å². The minimum atomic E-state index is -0.529. The third-order valence-corrected chi connectivity index (χ3v) is 2.28. The van der Waals surface area contributed by atoms with E-state index >= 15 is 0 Å². The first kappa shape index (κ1) is 10.6. The highest BCUT2D eigenvalue weighted by Crippen LogP contribution is 2.19. The molecular formula is C11H11FN2O2. The van der Waals surface area contributed by atoms with Gasteiger partial charge in [-0.1, -0.05) is 0 Å². The van der Waals surface area contributed by atoms with Crippen molar-refractivity contribution in [2.45, 2.75) is 6.92 Å². The zero-order chi connectivity index (χ0) is 11.7. The molecule has 0 radical (unpaired) electrons. The van der Waals surface area contributed by atoms with Crippen LogP contribution in [-0.4, -0.2) is 22.4 Å². The average molecular weight is 222 g/mol. The van der Waals surface area contributed by atoms with E-state index in [1.807, 2.05) is 0 Å². The van der Waals surface area contributed by atoms with Gasteiger partial charge >= 0.3 is 5.97 Å². The van der Waals surface area contributed by atoms with Crippen molar-refractivity contribution in [3.63, 3.8) is 0 Å². The van der Waals surface area contributed by atoms with Crippen LogP contribution in [0.25, 0.3) is 10.9 Å². The number of esters is 1. The number of nitrogens with zero attached hydrogens (tertiary/aromatic N) is 2. The molecule has 0 saturated carbocycles. The molecule has 0 atom stereocenters. The first-order valence-electron chi connectivity index (χ1n) is 4.93. The van der Waals surface area contributed by atoms with Gasteiger partial charge in [-0.15, -0.1) is 0 Å². The molecule has 2 aromatic rings. The molecule has 0 saturated heterocycles. The summed E-state index contributed by atoms with van der Waals surface area (Å²) in [5.41, 5.74) is 0.850. The second-order valence-electron chi connectivity index (χ2n) is 3.35. The number of aromatic nitrogens is 2. The lowest BCUT2D eigenvalue weighted by molar-refractivity contribution is 0.0521. The smallest absolute Gasteiger partial charge is 0.359 e. The van der Waals surface area contributed by atoms with Crippen molar-refractivity contribution >= 4 is 16.9 Å². The van der Waals surface area contributed by atoms with Crippen molar-refractivity contribution in [3.8, 4) is 0 Å². The molecule has 84 valence electrons. The average Bonchev–Trinajstić information content (AvgIpc) is 2.56. The molecule has 0 bridgehead atoms. The number of aryl methyl sites for hydroxylation is 1. The van der Waals surface area contributed by atoms with Gasteiger partial charge in [-0.05, 0) is 25.1 Å². The molecule has 0 N–H and O–H groups in total. The number of hydrogen-bond donors (Lipinski definition) is 0. The first-order valence-corrected chi connectivity index (χ1v) is 4.93. The van der Waals surface area contributed by atoms with E-state index in [1.54, 1.807) is 20.0 Å². The number of rotatable bonds is 2. The number of halogens is 1. The van der Waals surface area contributed by atoms with E-state index < -0.39 is 11.8 Å². The third-order valence-electron chi connectivity index (χ3n) is 2.28. The van der Waals surface area contributed by atoms with Gasteiger partial charge in [0.2, 0.25) is 0 Å². The Bertz CT molecular complexity index is 548. The van der Waals surface area contributed by atoms with E-state index in [0.29, 0.717) is 10.9 Å². The first-order chi connectivity index (χ1) is 7.63. The molecule has 0 amide bonds. The summed E-state index contributed by atoms with van der Waals surface area (Å²) in [6.07, 6.45) is 0. The monoisotopic (exact) mass is 222 g/mol. The van der Waals surface area contributed by atoms with Crippen LogP contribution in [0.1, 0.15) is 17.4 Å². The largest absolute Gasteiger partial charge is 0.461 e. The van der Waals surface area contributed by atoms with Crippen LogP contribution in [0.2, 0.25) is 0 Å². The molecule has 0 aliphatic heterocycles. The predicted octanol–water partition coefficient (Wildman–Crippen LogP) is 1.89. The Morgan fingerprint density at radius 3 is 3.00 bits per heavy atom. The second kappa shape index (κ2) is 3.92. The van der Waals surface area contributed by atoms with Gasteiger partial charge in [0.25, 0.3) is 0 Å². The lowest BCUT2D eigenvalue weighted by Gasteiger charge is -1.97. The van der Waals surface area contributed by atoms with E-state index in [4.69, 9.17) is 4.74 Å². The van der Waals surface area contributed by atoms with Crippen LogP contribution < -0.4 is 0 Å². The van der Waals surface area contributed by atoms with E-state index in [9.17, 15) is 9.18 Å². The SMILES string of the molecule is CCOC(=O)c1nn(C)c2ccc(F)cc12. The van der Waals surface area contributed by atoms with Crippen molar-refractivity contribution in [1.29, 1.82) is 0 Å². The van der Waals surface area contributed by atoms with Crippen LogP contribution in [0.3, 0.4) is 0 Å². The number of benzene rings is 1. The molecule has 1 heterocycles. The van der Waals surface area contributed by atoms with Crippen molar-refractivity contribution in [3.05, 3.63) is 29.7 Å². The summed E-state index contributed by atoms with van der Waals surface area (Å²) in [5, 5.41) is 4.50. The third kappa shape index (κ3) is 1.64. The fourth-order valence-corrected chi connectivity index (χ4v) is 1.59. The van der Waals surface area contributed by atoms with Crippen molar-refractivity contribution in [2.75, 3.05) is 6.61 Å². The minimum absolute atomic E-state index is 0.152. The fraction of sp³-hybridized carbons (Fsp3) is 0.273. The number of hydrogen-bond acceptors (Lipinski definition) is 3. The Morgan fingerprint density at radius 1 is 1.56 bits per heavy atom. The number of carbonyl (C=O) groups is 1. The number of carbonyl (C=O) groups excluding carboxylic acids is 1. The highest BCUT2D eigenvalue weighted by Gasteiger charge is 2.17. The predicted molar refractivity (Wildman–Crippen MR) is 56.6 cm³/mol. The quantitative estimate of drug-likeness (QED) is 0.729. The van der Waals surface area contributed by atoms with Gasteiger partial charge in [0.1, 0.15) is 5.82 Å². The number of fused-ring (bicyclic) bond motifs is 1. The van der Waals surface area contributed by atoms with Crippen LogP contribution in [0.15, 0.2) is 18.2 Å². The molecule has 16 heavy (non-hydrogen) atoms. The molecule has 0 fully saturated rings. The summed E-state index contributed by atoms with van der Waals surface area (Å²) in [4.78, 5) is 11.6. The summed E-state index contributed by atoms with van der Waals surface area (Å²) >= 11 is 0. The highest BCUT2D eigenvalue weighted by molar-refractivity contribution is 6.02. The normalized spacial score (nSPS) is 10.7. The Labute approximate surface area is 91.6 Å². The molecule has 1 aromatic heterocycles. The summed E-state index contributed by atoms with van der Waals surface area (Å²) < 4.78 is 19.5. The highest BCUT2D eigenvalue weighted by atomic mass is 19.1. The van der Waals surface area contributed by atoms with E-state index in [-0.39, 0.29) is 12.3 Å². The van der Waals surface area contributed by atoms with Gasteiger partial charge in [-0.25, -0.2) is 9.18 Å². The van der Waals surface area contributed by atoms with Crippen LogP contribution in [0.4, 0.5) is 4.39 Å². The molecule has 4 nitrogen and oxygen atoms in total. The maximum Gasteiger partial charge on any atom is 0.359 e. The standard InChI is InChI=1S/C11H11FN2O2/c1-3-16-11(15)10-8-6-7(12)4-5-9(8)14(2)13-10/h4-6H,3H2,1-2H3. The van der Waals surface area contributed by atoms with Gasteiger partial charge in [0.15, 0.2) is 5.69 Å². The Balaban J connectivity index is 2.61. The van der Waals surface area contributed by atoms with Gasteiger partial charge < -0.3 is 4.74 Å². The molecular weight excluding hydrogens is 211 g/mol. The summed E-state index contributed by atoms with van der Waals surface area (Å²) in [6.45, 7) is 1.98. The summed E-state index contributed by atoms with van der Waals surface area (Å²) in [6, 6.07) is 4.20. The topological polar surface area (TPSA) is 44.1 Å². The molecule has 0 unspecified atom stereocenters. The summed E-state index contributed by atoms with van der Waals surface area (Å²) in [5.74, 6) is -0.926. The zero-order valence-corrected chi connectivity index (χ0v) is 9.03. The van der Waals surface area contributed by atoms with Crippen molar-refractivity contribution in [2.24, 2.45) is 7.05 Å². The Hall–Kier alpha value is -1.91. The Morgan fingerprint density at radius 2 is 2.31 bits per heavy atom. The van der Waals surface area contributed by atoms with Gasteiger partial charge in [0, 0.05) is 12.4 Å². The summed E-state index contributed by atoms with van der Waals surface area (Å²) in [7, 11) is 1.70. The van der Waals surface area contributed by atoms with Crippen LogP contribution >= 0.6 is 0 Å². The van der Waals surface area contributed by atoms with Gasteiger partial charge in [0.05, 0.1) is 12.1 Å². The van der Waals surface area contributed by atoms with E-state index in [1.165, 1.54) is 16.8 Å². The fourth-order valence-electron chi connectivity index (χ4n) is 1.59. The minimum Gasteiger partial charge on any atom is -0.461 e. The molecule has 5 heteroatoms. The molecule has 0 aliphatic rings. The molecule has 2 rings (SSSR count).